The molecule has 1 aromatic heterocycles. The number of nitrogens with zero attached hydrogens (tertiary/aromatic N) is 3. The molecule has 0 aliphatic rings. The van der Waals surface area contributed by atoms with Gasteiger partial charge in [0.2, 0.25) is 0 Å². The lowest BCUT2D eigenvalue weighted by Crippen LogP contribution is -1.94. The second kappa shape index (κ2) is 4.46. The Morgan fingerprint density at radius 2 is 1.78 bits per heavy atom. The molecule has 90 valence electrons. The highest BCUT2D eigenvalue weighted by Gasteiger charge is 2.12. The zero-order chi connectivity index (χ0) is 12.5. The van der Waals surface area contributed by atoms with Gasteiger partial charge < -0.3 is 4.57 Å². The minimum Gasteiger partial charge on any atom is -0.305 e. The molecule has 0 fully saturated rings. The van der Waals surface area contributed by atoms with Gasteiger partial charge in [-0.25, -0.2) is 0 Å². The van der Waals surface area contributed by atoms with Crippen LogP contribution in [0.3, 0.4) is 0 Å². The van der Waals surface area contributed by atoms with Crippen molar-refractivity contribution in [3.8, 4) is 11.4 Å². The molecule has 18 heavy (non-hydrogen) atoms. The molecule has 0 bridgehead atoms. The summed E-state index contributed by atoms with van der Waals surface area (Å²) in [6.45, 7) is 0. The van der Waals surface area contributed by atoms with Gasteiger partial charge in [0.1, 0.15) is 0 Å². The van der Waals surface area contributed by atoms with E-state index in [4.69, 9.17) is 0 Å². The molecule has 0 saturated carbocycles. The number of aromatic nitrogens is 3. The molecule has 4 heteroatoms. The van der Waals surface area contributed by atoms with Crippen molar-refractivity contribution in [2.75, 3.05) is 6.26 Å². The normalized spacial score (nSPS) is 11.0. The van der Waals surface area contributed by atoms with E-state index in [2.05, 4.69) is 52.7 Å². The van der Waals surface area contributed by atoms with Crippen LogP contribution in [0, 0.1) is 0 Å². The average Bonchev–Trinajstić information content (AvgIpc) is 2.79. The zero-order valence-electron chi connectivity index (χ0n) is 10.3. The molecule has 0 unspecified atom stereocenters. The maximum atomic E-state index is 4.30. The summed E-state index contributed by atoms with van der Waals surface area (Å²) in [4.78, 5) is 0. The standard InChI is InChI=1S/C14H13N3S/c1-17-13(15-16-14(17)18-2)12-9-5-7-10-6-3-4-8-11(10)12/h3-9H,1-2H3. The van der Waals surface area contributed by atoms with E-state index in [1.54, 1.807) is 11.8 Å². The highest BCUT2D eigenvalue weighted by atomic mass is 32.2. The Morgan fingerprint density at radius 1 is 1.00 bits per heavy atom. The van der Waals surface area contributed by atoms with Crippen LogP contribution in [-0.4, -0.2) is 21.0 Å². The van der Waals surface area contributed by atoms with Gasteiger partial charge in [0.15, 0.2) is 11.0 Å². The third-order valence-electron chi connectivity index (χ3n) is 3.05. The number of fused-ring (bicyclic) bond motifs is 1. The molecule has 3 rings (SSSR count). The summed E-state index contributed by atoms with van der Waals surface area (Å²) in [7, 11) is 2.00. The lowest BCUT2D eigenvalue weighted by molar-refractivity contribution is 0.796. The second-order valence-electron chi connectivity index (χ2n) is 4.10. The smallest absolute Gasteiger partial charge is 0.190 e. The molecule has 3 nitrogen and oxygen atoms in total. The molecule has 0 atom stereocenters. The van der Waals surface area contributed by atoms with E-state index in [9.17, 15) is 0 Å². The fraction of sp³-hybridized carbons (Fsp3) is 0.143. The summed E-state index contributed by atoms with van der Waals surface area (Å²) in [5.74, 6) is 0.913. The van der Waals surface area contributed by atoms with Gasteiger partial charge in [0.25, 0.3) is 0 Å². The molecule has 0 amide bonds. The first-order valence-corrected chi connectivity index (χ1v) is 6.95. The summed E-state index contributed by atoms with van der Waals surface area (Å²) in [6, 6.07) is 14.6. The number of hydrogen-bond acceptors (Lipinski definition) is 3. The predicted octanol–water partition coefficient (Wildman–Crippen LogP) is 3.36. The van der Waals surface area contributed by atoms with Crippen molar-refractivity contribution in [2.45, 2.75) is 5.16 Å². The first-order chi connectivity index (χ1) is 8.81. The van der Waals surface area contributed by atoms with E-state index in [1.807, 2.05) is 17.9 Å². The SMILES string of the molecule is CSc1nnc(-c2cccc3ccccc23)n1C. The molecule has 0 aliphatic heterocycles. The van der Waals surface area contributed by atoms with Crippen LogP contribution in [0.4, 0.5) is 0 Å². The Balaban J connectivity index is 2.28. The maximum absolute atomic E-state index is 4.30. The molecule has 0 aliphatic carbocycles. The summed E-state index contributed by atoms with van der Waals surface area (Å²) in [6.07, 6.45) is 2.01. The van der Waals surface area contributed by atoms with Crippen molar-refractivity contribution in [1.29, 1.82) is 0 Å². The van der Waals surface area contributed by atoms with Crippen LogP contribution in [0.1, 0.15) is 0 Å². The van der Waals surface area contributed by atoms with Crippen molar-refractivity contribution in [1.82, 2.24) is 14.8 Å². The van der Waals surface area contributed by atoms with Gasteiger partial charge >= 0.3 is 0 Å². The monoisotopic (exact) mass is 255 g/mol. The zero-order valence-corrected chi connectivity index (χ0v) is 11.1. The Hall–Kier alpha value is -1.81. The lowest BCUT2D eigenvalue weighted by Gasteiger charge is -2.06. The maximum Gasteiger partial charge on any atom is 0.190 e. The van der Waals surface area contributed by atoms with E-state index >= 15 is 0 Å². The van der Waals surface area contributed by atoms with Gasteiger partial charge in [-0.2, -0.15) is 0 Å². The van der Waals surface area contributed by atoms with Gasteiger partial charge in [-0.15, -0.1) is 10.2 Å². The van der Waals surface area contributed by atoms with Gasteiger partial charge in [-0.1, -0.05) is 54.2 Å². The van der Waals surface area contributed by atoms with Crippen LogP contribution >= 0.6 is 11.8 Å². The molecule has 0 saturated heterocycles. The number of benzene rings is 2. The van der Waals surface area contributed by atoms with Crippen LogP contribution in [-0.2, 0) is 7.05 Å². The van der Waals surface area contributed by atoms with E-state index < -0.39 is 0 Å². The lowest BCUT2D eigenvalue weighted by atomic mass is 10.0. The predicted molar refractivity (Wildman–Crippen MR) is 75.7 cm³/mol. The van der Waals surface area contributed by atoms with Crippen molar-refractivity contribution in [3.63, 3.8) is 0 Å². The van der Waals surface area contributed by atoms with Gasteiger partial charge in [-0.3, -0.25) is 0 Å². The second-order valence-corrected chi connectivity index (χ2v) is 4.87. The third-order valence-corrected chi connectivity index (χ3v) is 3.77. The summed E-state index contributed by atoms with van der Waals surface area (Å²) in [5, 5.41) is 11.9. The van der Waals surface area contributed by atoms with E-state index in [1.165, 1.54) is 10.8 Å². The summed E-state index contributed by atoms with van der Waals surface area (Å²) in [5.41, 5.74) is 1.13. The fourth-order valence-corrected chi connectivity index (χ4v) is 2.63. The molecule has 0 spiro atoms. The van der Waals surface area contributed by atoms with Crippen molar-refractivity contribution >= 4 is 22.5 Å². The van der Waals surface area contributed by atoms with E-state index in [-0.39, 0.29) is 0 Å². The topological polar surface area (TPSA) is 30.7 Å². The molecule has 0 N–H and O–H groups in total. The van der Waals surface area contributed by atoms with E-state index in [0.717, 1.165) is 16.5 Å². The Labute approximate surface area is 110 Å². The van der Waals surface area contributed by atoms with Crippen LogP contribution in [0.15, 0.2) is 47.6 Å². The Bertz CT molecular complexity index is 698. The summed E-state index contributed by atoms with van der Waals surface area (Å²) >= 11 is 1.61. The molecule has 0 radical (unpaired) electrons. The quantitative estimate of drug-likeness (QED) is 0.658. The first kappa shape index (κ1) is 11.3. The number of rotatable bonds is 2. The fourth-order valence-electron chi connectivity index (χ4n) is 2.15. The Kier molecular flexibility index (Phi) is 2.80. The molecule has 1 heterocycles. The van der Waals surface area contributed by atoms with Crippen molar-refractivity contribution < 1.29 is 0 Å². The average molecular weight is 255 g/mol. The van der Waals surface area contributed by atoms with Crippen molar-refractivity contribution in [2.24, 2.45) is 7.05 Å². The van der Waals surface area contributed by atoms with Gasteiger partial charge in [0.05, 0.1) is 0 Å². The molecular weight excluding hydrogens is 242 g/mol. The minimum atomic E-state index is 0.913. The molecule has 3 aromatic rings. The van der Waals surface area contributed by atoms with Crippen LogP contribution < -0.4 is 0 Å². The van der Waals surface area contributed by atoms with Gasteiger partial charge in [0, 0.05) is 12.6 Å². The van der Waals surface area contributed by atoms with Crippen LogP contribution in [0.5, 0.6) is 0 Å². The first-order valence-electron chi connectivity index (χ1n) is 5.73. The van der Waals surface area contributed by atoms with E-state index in [0.29, 0.717) is 0 Å². The number of thioether (sulfide) groups is 1. The van der Waals surface area contributed by atoms with Crippen LogP contribution in [0.25, 0.3) is 22.2 Å². The largest absolute Gasteiger partial charge is 0.305 e. The highest BCUT2D eigenvalue weighted by molar-refractivity contribution is 7.98. The Morgan fingerprint density at radius 3 is 2.56 bits per heavy atom. The van der Waals surface area contributed by atoms with Crippen molar-refractivity contribution in [3.05, 3.63) is 42.5 Å². The molecule has 2 aromatic carbocycles. The number of hydrogen-bond donors (Lipinski definition) is 0. The van der Waals surface area contributed by atoms with Gasteiger partial charge in [-0.05, 0) is 17.0 Å². The minimum absolute atomic E-state index is 0.913. The third kappa shape index (κ3) is 1.69. The highest BCUT2D eigenvalue weighted by Crippen LogP contribution is 2.28. The molecular formula is C14H13N3S. The van der Waals surface area contributed by atoms with Crippen LogP contribution in [0.2, 0.25) is 0 Å². The summed E-state index contributed by atoms with van der Waals surface area (Å²) < 4.78 is 2.03.